The summed E-state index contributed by atoms with van der Waals surface area (Å²) in [4.78, 5) is 7.20. The molecule has 0 atom stereocenters. The highest BCUT2D eigenvalue weighted by molar-refractivity contribution is 4.76. The summed E-state index contributed by atoms with van der Waals surface area (Å²) >= 11 is 0. The number of nitrogens with zero attached hydrogens (tertiary/aromatic N) is 3. The molecular formula is C15H37N3. The quantitative estimate of drug-likeness (QED) is 0.768. The number of hydrogen-bond donors (Lipinski definition) is 0. The van der Waals surface area contributed by atoms with Crippen LogP contribution in [0.1, 0.15) is 40.5 Å². The molecule has 0 aromatic heterocycles. The maximum Gasteiger partial charge on any atom is 0.0117 e. The smallest absolute Gasteiger partial charge is 0.0117 e. The lowest BCUT2D eigenvalue weighted by Gasteiger charge is -2.35. The minimum Gasteiger partial charge on any atom is -0.308 e. The Balaban J connectivity index is 0. The van der Waals surface area contributed by atoms with E-state index in [1.807, 2.05) is 27.7 Å². The minimum atomic E-state index is 0.811. The predicted molar refractivity (Wildman–Crippen MR) is 84.4 cm³/mol. The van der Waals surface area contributed by atoms with Crippen LogP contribution in [0.15, 0.2) is 0 Å². The van der Waals surface area contributed by atoms with Gasteiger partial charge < -0.3 is 14.7 Å². The molecule has 0 radical (unpaired) electrons. The monoisotopic (exact) mass is 259 g/mol. The van der Waals surface area contributed by atoms with Crippen LogP contribution in [0.25, 0.3) is 0 Å². The molecule has 112 valence electrons. The van der Waals surface area contributed by atoms with Gasteiger partial charge >= 0.3 is 0 Å². The fourth-order valence-electron chi connectivity index (χ4n) is 1.98. The van der Waals surface area contributed by atoms with Gasteiger partial charge in [0.15, 0.2) is 0 Å². The number of likely N-dealkylation sites (N-methyl/N-ethyl adjacent to an activating group) is 2. The van der Waals surface area contributed by atoms with E-state index < -0.39 is 0 Å². The van der Waals surface area contributed by atoms with Crippen molar-refractivity contribution in [1.82, 2.24) is 14.7 Å². The molecule has 18 heavy (non-hydrogen) atoms. The van der Waals surface area contributed by atoms with Crippen LogP contribution in [0.2, 0.25) is 0 Å². The summed E-state index contributed by atoms with van der Waals surface area (Å²) in [6, 6.07) is 0.811. The third kappa shape index (κ3) is 9.86. The Bertz CT molecular complexity index is 152. The van der Waals surface area contributed by atoms with Crippen molar-refractivity contribution in [2.75, 3.05) is 54.4 Å². The average molecular weight is 259 g/mol. The summed E-state index contributed by atoms with van der Waals surface area (Å²) in [5.74, 6) is 0. The standard InChI is InChI=1S/C11H25N3.2C2H6/c1-12(2)9-10-14(4)11-5-7-13(3)8-6-11;2*1-2/h11H,5-10H2,1-4H3;2*1-2H3. The van der Waals surface area contributed by atoms with Crippen LogP contribution in [-0.2, 0) is 0 Å². The van der Waals surface area contributed by atoms with Crippen LogP contribution in [0.3, 0.4) is 0 Å². The van der Waals surface area contributed by atoms with Gasteiger partial charge in [-0.05, 0) is 54.1 Å². The Morgan fingerprint density at radius 3 is 1.72 bits per heavy atom. The number of hydrogen-bond acceptors (Lipinski definition) is 3. The van der Waals surface area contributed by atoms with Crippen molar-refractivity contribution in [1.29, 1.82) is 0 Å². The maximum absolute atomic E-state index is 2.52. The fraction of sp³-hybridized carbons (Fsp3) is 1.00. The van der Waals surface area contributed by atoms with Gasteiger partial charge in [-0.15, -0.1) is 0 Å². The first-order valence-electron chi connectivity index (χ1n) is 7.63. The SMILES string of the molecule is CC.CC.CN(C)CCN(C)C1CCN(C)CC1. The molecule has 3 nitrogen and oxygen atoms in total. The molecule has 1 rings (SSSR count). The lowest BCUT2D eigenvalue weighted by Crippen LogP contribution is -2.43. The largest absolute Gasteiger partial charge is 0.308 e. The summed E-state index contributed by atoms with van der Waals surface area (Å²) < 4.78 is 0. The Kier molecular flexibility index (Phi) is 14.9. The lowest BCUT2D eigenvalue weighted by atomic mass is 10.0. The average Bonchev–Trinajstić information content (AvgIpc) is 2.41. The zero-order chi connectivity index (χ0) is 14.6. The van der Waals surface area contributed by atoms with Crippen LogP contribution < -0.4 is 0 Å². The molecular weight excluding hydrogens is 222 g/mol. The summed E-state index contributed by atoms with van der Waals surface area (Å²) in [5, 5.41) is 0. The van der Waals surface area contributed by atoms with Crippen molar-refractivity contribution in [2.24, 2.45) is 0 Å². The van der Waals surface area contributed by atoms with E-state index in [2.05, 4.69) is 42.9 Å². The molecule has 1 heterocycles. The van der Waals surface area contributed by atoms with E-state index in [1.54, 1.807) is 0 Å². The van der Waals surface area contributed by atoms with Gasteiger partial charge in [-0.25, -0.2) is 0 Å². The highest BCUT2D eigenvalue weighted by atomic mass is 15.2. The van der Waals surface area contributed by atoms with Crippen LogP contribution in [0.4, 0.5) is 0 Å². The number of rotatable bonds is 4. The third-order valence-electron chi connectivity index (χ3n) is 3.21. The molecule has 0 unspecified atom stereocenters. The summed E-state index contributed by atoms with van der Waals surface area (Å²) in [7, 11) is 8.76. The van der Waals surface area contributed by atoms with Gasteiger partial charge in [0.25, 0.3) is 0 Å². The van der Waals surface area contributed by atoms with Crippen molar-refractivity contribution in [3.8, 4) is 0 Å². The molecule has 0 aromatic carbocycles. The molecule has 0 amide bonds. The minimum absolute atomic E-state index is 0.811. The molecule has 1 aliphatic heterocycles. The first-order valence-corrected chi connectivity index (χ1v) is 7.63. The Hall–Kier alpha value is -0.120. The topological polar surface area (TPSA) is 9.72 Å². The Morgan fingerprint density at radius 2 is 1.33 bits per heavy atom. The highest BCUT2D eigenvalue weighted by Gasteiger charge is 2.19. The molecule has 0 N–H and O–H groups in total. The Morgan fingerprint density at radius 1 is 0.889 bits per heavy atom. The van der Waals surface area contributed by atoms with E-state index >= 15 is 0 Å². The van der Waals surface area contributed by atoms with Crippen LogP contribution >= 0.6 is 0 Å². The van der Waals surface area contributed by atoms with Crippen molar-refractivity contribution < 1.29 is 0 Å². The van der Waals surface area contributed by atoms with Crippen molar-refractivity contribution in [3.05, 3.63) is 0 Å². The first kappa shape index (κ1) is 20.2. The second kappa shape index (κ2) is 13.3. The first-order chi connectivity index (χ1) is 8.59. The molecule has 0 spiro atoms. The van der Waals surface area contributed by atoms with Crippen LogP contribution in [0, 0.1) is 0 Å². The van der Waals surface area contributed by atoms with Crippen LogP contribution in [0.5, 0.6) is 0 Å². The number of piperidine rings is 1. The second-order valence-corrected chi connectivity index (χ2v) is 4.82. The van der Waals surface area contributed by atoms with E-state index in [9.17, 15) is 0 Å². The van der Waals surface area contributed by atoms with Gasteiger partial charge in [-0.3, -0.25) is 0 Å². The fourth-order valence-corrected chi connectivity index (χ4v) is 1.98. The zero-order valence-corrected chi connectivity index (χ0v) is 14.2. The number of likely N-dealkylation sites (tertiary alicyclic amines) is 1. The second-order valence-electron chi connectivity index (χ2n) is 4.82. The maximum atomic E-state index is 2.52. The normalized spacial score (nSPS) is 17.0. The zero-order valence-electron chi connectivity index (χ0n) is 14.2. The lowest BCUT2D eigenvalue weighted by molar-refractivity contribution is 0.137. The summed E-state index contributed by atoms with van der Waals surface area (Å²) in [6.07, 6.45) is 2.67. The van der Waals surface area contributed by atoms with E-state index in [0.717, 1.165) is 6.04 Å². The molecule has 3 heteroatoms. The van der Waals surface area contributed by atoms with E-state index in [1.165, 1.54) is 39.0 Å². The molecule has 0 aliphatic carbocycles. The van der Waals surface area contributed by atoms with Gasteiger partial charge in [0, 0.05) is 19.1 Å². The predicted octanol–water partition coefficient (Wildman–Crippen LogP) is 2.63. The van der Waals surface area contributed by atoms with Gasteiger partial charge in [0.2, 0.25) is 0 Å². The van der Waals surface area contributed by atoms with Gasteiger partial charge in [-0.1, -0.05) is 27.7 Å². The molecule has 0 saturated carbocycles. The van der Waals surface area contributed by atoms with Crippen molar-refractivity contribution in [3.63, 3.8) is 0 Å². The Labute approximate surface area is 116 Å². The van der Waals surface area contributed by atoms with Crippen molar-refractivity contribution >= 4 is 0 Å². The summed E-state index contributed by atoms with van der Waals surface area (Å²) in [6.45, 7) is 12.9. The van der Waals surface area contributed by atoms with Crippen molar-refractivity contribution in [2.45, 2.75) is 46.6 Å². The molecule has 0 aromatic rings. The molecule has 0 bridgehead atoms. The van der Waals surface area contributed by atoms with Gasteiger partial charge in [0.05, 0.1) is 0 Å². The summed E-state index contributed by atoms with van der Waals surface area (Å²) in [5.41, 5.74) is 0. The van der Waals surface area contributed by atoms with Crippen LogP contribution in [-0.4, -0.2) is 75.1 Å². The van der Waals surface area contributed by atoms with E-state index in [0.29, 0.717) is 0 Å². The highest BCUT2D eigenvalue weighted by Crippen LogP contribution is 2.13. The third-order valence-corrected chi connectivity index (χ3v) is 3.21. The van der Waals surface area contributed by atoms with E-state index in [4.69, 9.17) is 0 Å². The molecule has 1 saturated heterocycles. The van der Waals surface area contributed by atoms with Gasteiger partial charge in [-0.2, -0.15) is 0 Å². The van der Waals surface area contributed by atoms with E-state index in [-0.39, 0.29) is 0 Å². The molecule has 1 aliphatic rings. The molecule has 1 fully saturated rings. The van der Waals surface area contributed by atoms with Gasteiger partial charge in [0.1, 0.15) is 0 Å².